The van der Waals surface area contributed by atoms with E-state index in [0.29, 0.717) is 0 Å². The number of esters is 1. The van der Waals surface area contributed by atoms with Gasteiger partial charge in [0.15, 0.2) is 0 Å². The molecule has 0 aliphatic heterocycles. The fourth-order valence-corrected chi connectivity index (χ4v) is 1.59. The molecule has 88 valence electrons. The molecule has 0 aliphatic rings. The summed E-state index contributed by atoms with van der Waals surface area (Å²) in [5.74, 6) is -1.92. The Morgan fingerprint density at radius 1 is 1.47 bits per heavy atom. The molecule has 0 spiro atoms. The standard InChI is InChI=1S/C7H13NO6S/c1-14-6(9)4-3-5(7(10)11)8-15(2,12)13/h5,8H,3-4H2,1-2H3,(H,10,11). The minimum Gasteiger partial charge on any atom is -0.480 e. The summed E-state index contributed by atoms with van der Waals surface area (Å²) in [7, 11) is -2.44. The Morgan fingerprint density at radius 3 is 2.33 bits per heavy atom. The molecule has 1 atom stereocenters. The molecule has 0 aliphatic carbocycles. The molecule has 0 rings (SSSR count). The Labute approximate surface area is 87.5 Å². The molecule has 1 unspecified atom stereocenters. The molecule has 0 amide bonds. The van der Waals surface area contributed by atoms with Crippen molar-refractivity contribution in [3.63, 3.8) is 0 Å². The highest BCUT2D eigenvalue weighted by Crippen LogP contribution is 2.00. The summed E-state index contributed by atoms with van der Waals surface area (Å²) in [6, 6.07) is -1.31. The van der Waals surface area contributed by atoms with Gasteiger partial charge < -0.3 is 9.84 Å². The minimum atomic E-state index is -3.61. The van der Waals surface area contributed by atoms with E-state index < -0.39 is 28.0 Å². The van der Waals surface area contributed by atoms with Crippen molar-refractivity contribution in [2.24, 2.45) is 0 Å². The van der Waals surface area contributed by atoms with Crippen LogP contribution in [-0.2, 0) is 24.3 Å². The Balaban J connectivity index is 4.31. The van der Waals surface area contributed by atoms with Crippen LogP contribution >= 0.6 is 0 Å². The summed E-state index contributed by atoms with van der Waals surface area (Å²) < 4.78 is 27.7. The van der Waals surface area contributed by atoms with Crippen molar-refractivity contribution in [1.29, 1.82) is 0 Å². The summed E-state index contributed by atoms with van der Waals surface area (Å²) in [5, 5.41) is 8.64. The van der Waals surface area contributed by atoms with Crippen LogP contribution in [0.25, 0.3) is 0 Å². The van der Waals surface area contributed by atoms with Gasteiger partial charge in [0.25, 0.3) is 0 Å². The molecule has 0 fully saturated rings. The van der Waals surface area contributed by atoms with E-state index in [2.05, 4.69) is 4.74 Å². The van der Waals surface area contributed by atoms with E-state index in [0.717, 1.165) is 6.26 Å². The van der Waals surface area contributed by atoms with Gasteiger partial charge in [-0.25, -0.2) is 13.1 Å². The van der Waals surface area contributed by atoms with E-state index in [1.807, 2.05) is 4.72 Å². The first-order valence-electron chi connectivity index (χ1n) is 4.03. The highest BCUT2D eigenvalue weighted by molar-refractivity contribution is 7.88. The van der Waals surface area contributed by atoms with Gasteiger partial charge in [0, 0.05) is 6.42 Å². The van der Waals surface area contributed by atoms with Crippen LogP contribution in [0.5, 0.6) is 0 Å². The highest BCUT2D eigenvalue weighted by atomic mass is 32.2. The van der Waals surface area contributed by atoms with E-state index in [9.17, 15) is 18.0 Å². The molecule has 0 saturated heterocycles. The zero-order valence-electron chi connectivity index (χ0n) is 8.39. The summed E-state index contributed by atoms with van der Waals surface area (Å²) in [6.07, 6.45) is 0.548. The Morgan fingerprint density at radius 2 is 2.00 bits per heavy atom. The zero-order valence-corrected chi connectivity index (χ0v) is 9.20. The molecule has 8 heteroatoms. The Hall–Kier alpha value is -1.15. The monoisotopic (exact) mass is 239 g/mol. The van der Waals surface area contributed by atoms with Gasteiger partial charge in [-0.3, -0.25) is 9.59 Å². The first-order chi connectivity index (χ1) is 6.76. The molecule has 2 N–H and O–H groups in total. The molecule has 0 radical (unpaired) electrons. The largest absolute Gasteiger partial charge is 0.480 e. The van der Waals surface area contributed by atoms with Crippen molar-refractivity contribution < 1.29 is 27.9 Å². The van der Waals surface area contributed by atoms with Gasteiger partial charge in [-0.05, 0) is 6.42 Å². The molecule has 7 nitrogen and oxygen atoms in total. The van der Waals surface area contributed by atoms with E-state index >= 15 is 0 Å². The quantitative estimate of drug-likeness (QED) is 0.572. The third-order valence-corrected chi connectivity index (χ3v) is 2.23. The number of carbonyl (C=O) groups excluding carboxylic acids is 1. The average molecular weight is 239 g/mol. The van der Waals surface area contributed by atoms with E-state index in [-0.39, 0.29) is 12.8 Å². The normalized spacial score (nSPS) is 13.2. The van der Waals surface area contributed by atoms with Crippen molar-refractivity contribution in [2.45, 2.75) is 18.9 Å². The number of carboxylic acids is 1. The van der Waals surface area contributed by atoms with Gasteiger partial charge in [-0.2, -0.15) is 0 Å². The second-order valence-electron chi connectivity index (χ2n) is 2.90. The lowest BCUT2D eigenvalue weighted by molar-refractivity contribution is -0.142. The van der Waals surface area contributed by atoms with Crippen LogP contribution in [0.2, 0.25) is 0 Å². The Bertz CT molecular complexity index is 335. The predicted molar refractivity (Wildman–Crippen MR) is 50.7 cm³/mol. The van der Waals surface area contributed by atoms with Crippen LogP contribution in [0.15, 0.2) is 0 Å². The van der Waals surface area contributed by atoms with Crippen LogP contribution in [0.3, 0.4) is 0 Å². The number of rotatable bonds is 6. The van der Waals surface area contributed by atoms with Crippen LogP contribution in [-0.4, -0.2) is 44.9 Å². The predicted octanol–water partition coefficient (Wildman–Crippen LogP) is -1.06. The smallest absolute Gasteiger partial charge is 0.321 e. The molecule has 0 aromatic rings. The number of sulfonamides is 1. The van der Waals surface area contributed by atoms with Crippen LogP contribution in [0, 0.1) is 0 Å². The highest BCUT2D eigenvalue weighted by Gasteiger charge is 2.22. The number of aliphatic carboxylic acids is 1. The second-order valence-corrected chi connectivity index (χ2v) is 4.68. The first-order valence-corrected chi connectivity index (χ1v) is 5.92. The fourth-order valence-electron chi connectivity index (χ4n) is 0.855. The zero-order chi connectivity index (χ0) is 12.1. The third kappa shape index (κ3) is 6.86. The first kappa shape index (κ1) is 13.8. The van der Waals surface area contributed by atoms with Crippen LogP contribution < -0.4 is 4.72 Å². The lowest BCUT2D eigenvalue weighted by Gasteiger charge is -2.11. The second kappa shape index (κ2) is 5.66. The molecule has 15 heavy (non-hydrogen) atoms. The lowest BCUT2D eigenvalue weighted by atomic mass is 10.2. The van der Waals surface area contributed by atoms with Gasteiger partial charge in [0.2, 0.25) is 10.0 Å². The molecular weight excluding hydrogens is 226 g/mol. The number of carboxylic acid groups (broad SMARTS) is 1. The van der Waals surface area contributed by atoms with E-state index in [1.165, 1.54) is 7.11 Å². The van der Waals surface area contributed by atoms with E-state index in [1.54, 1.807) is 0 Å². The van der Waals surface area contributed by atoms with Gasteiger partial charge in [-0.15, -0.1) is 0 Å². The summed E-state index contributed by atoms with van der Waals surface area (Å²) >= 11 is 0. The van der Waals surface area contributed by atoms with Gasteiger partial charge >= 0.3 is 11.9 Å². The van der Waals surface area contributed by atoms with Crippen molar-refractivity contribution in [3.05, 3.63) is 0 Å². The van der Waals surface area contributed by atoms with Crippen molar-refractivity contribution in [1.82, 2.24) is 4.72 Å². The maximum Gasteiger partial charge on any atom is 0.321 e. The third-order valence-electron chi connectivity index (χ3n) is 1.52. The maximum absolute atomic E-state index is 10.8. The van der Waals surface area contributed by atoms with Crippen molar-refractivity contribution >= 4 is 22.0 Å². The molecule has 0 aromatic heterocycles. The Kier molecular flexibility index (Phi) is 5.23. The summed E-state index contributed by atoms with van der Waals surface area (Å²) in [6.45, 7) is 0. The van der Waals surface area contributed by atoms with Crippen molar-refractivity contribution in [3.8, 4) is 0 Å². The number of carbonyl (C=O) groups is 2. The van der Waals surface area contributed by atoms with Gasteiger partial charge in [0.05, 0.1) is 13.4 Å². The number of ether oxygens (including phenoxy) is 1. The number of nitrogens with one attached hydrogen (secondary N) is 1. The fraction of sp³-hybridized carbons (Fsp3) is 0.714. The molecule has 0 saturated carbocycles. The number of hydrogen-bond donors (Lipinski definition) is 2. The number of methoxy groups -OCH3 is 1. The topological polar surface area (TPSA) is 110 Å². The van der Waals surface area contributed by atoms with Gasteiger partial charge in [0.1, 0.15) is 6.04 Å². The van der Waals surface area contributed by atoms with Gasteiger partial charge in [-0.1, -0.05) is 0 Å². The molecular formula is C7H13NO6S. The SMILES string of the molecule is COC(=O)CCC(NS(C)(=O)=O)C(=O)O. The number of hydrogen-bond acceptors (Lipinski definition) is 5. The van der Waals surface area contributed by atoms with Crippen LogP contribution in [0.1, 0.15) is 12.8 Å². The average Bonchev–Trinajstić information content (AvgIpc) is 2.09. The molecule has 0 heterocycles. The summed E-state index contributed by atoms with van der Waals surface area (Å²) in [5.41, 5.74) is 0. The summed E-state index contributed by atoms with van der Waals surface area (Å²) in [4.78, 5) is 21.3. The van der Waals surface area contributed by atoms with Crippen LogP contribution in [0.4, 0.5) is 0 Å². The van der Waals surface area contributed by atoms with E-state index in [4.69, 9.17) is 5.11 Å². The molecule has 0 aromatic carbocycles. The minimum absolute atomic E-state index is 0.144. The molecule has 0 bridgehead atoms. The maximum atomic E-state index is 10.8. The van der Waals surface area contributed by atoms with Crippen molar-refractivity contribution in [2.75, 3.05) is 13.4 Å². The lowest BCUT2D eigenvalue weighted by Crippen LogP contribution is -2.40.